The first-order valence-electron chi connectivity index (χ1n) is 5.24. The van der Waals surface area contributed by atoms with Gasteiger partial charge in [0.25, 0.3) is 0 Å². The molecule has 0 saturated carbocycles. The molecular weight excluding hydrogens is 255 g/mol. The van der Waals surface area contributed by atoms with E-state index < -0.39 is 5.82 Å². The van der Waals surface area contributed by atoms with E-state index in [1.165, 1.54) is 13.2 Å². The Morgan fingerprint density at radius 2 is 2.00 bits per heavy atom. The van der Waals surface area contributed by atoms with Crippen LogP contribution in [-0.4, -0.2) is 13.4 Å². The molecule has 0 radical (unpaired) electrons. The minimum atomic E-state index is -0.458. The maximum atomic E-state index is 13.8. The first-order valence-corrected chi connectivity index (χ1v) is 5.62. The predicted molar refractivity (Wildman–Crippen MR) is 68.8 cm³/mol. The lowest BCUT2D eigenvalue weighted by Crippen LogP contribution is -1.89. The summed E-state index contributed by atoms with van der Waals surface area (Å²) in [5, 5.41) is 0.411. The van der Waals surface area contributed by atoms with Gasteiger partial charge in [-0.3, -0.25) is 4.79 Å². The summed E-state index contributed by atoms with van der Waals surface area (Å²) in [6, 6.07) is 9.31. The highest BCUT2D eigenvalue weighted by Crippen LogP contribution is 2.31. The molecule has 0 N–H and O–H groups in total. The molecule has 0 aliphatic carbocycles. The maximum absolute atomic E-state index is 13.8. The number of carbonyl (C=O) groups is 1. The van der Waals surface area contributed by atoms with Crippen molar-refractivity contribution in [1.82, 2.24) is 0 Å². The first-order chi connectivity index (χ1) is 8.65. The number of hydrogen-bond acceptors (Lipinski definition) is 2. The normalized spacial score (nSPS) is 10.2. The molecule has 0 heterocycles. The molecule has 0 aliphatic heterocycles. The molecular formula is C14H10ClFO2. The Labute approximate surface area is 109 Å². The highest BCUT2D eigenvalue weighted by atomic mass is 35.5. The van der Waals surface area contributed by atoms with E-state index in [1.54, 1.807) is 30.3 Å². The molecule has 2 aromatic rings. The minimum Gasteiger partial charge on any atom is -0.495 e. The van der Waals surface area contributed by atoms with Crippen LogP contribution in [0.2, 0.25) is 5.02 Å². The van der Waals surface area contributed by atoms with Gasteiger partial charge in [-0.05, 0) is 23.8 Å². The van der Waals surface area contributed by atoms with Crippen molar-refractivity contribution in [3.63, 3.8) is 0 Å². The van der Waals surface area contributed by atoms with Gasteiger partial charge in [0, 0.05) is 11.1 Å². The number of benzene rings is 2. The summed E-state index contributed by atoms with van der Waals surface area (Å²) in [4.78, 5) is 10.5. The lowest BCUT2D eigenvalue weighted by molar-refractivity contribution is 0.112. The third kappa shape index (κ3) is 2.36. The van der Waals surface area contributed by atoms with Crippen LogP contribution in [0.4, 0.5) is 4.39 Å². The molecule has 0 bridgehead atoms. The standard InChI is InChI=1S/C14H10ClFO2/c1-18-14-5-3-10(7-12(14)15)11-4-2-9(8-17)6-13(11)16/h2-8H,1H3. The Balaban J connectivity index is 2.48. The van der Waals surface area contributed by atoms with Crippen molar-refractivity contribution < 1.29 is 13.9 Å². The van der Waals surface area contributed by atoms with Gasteiger partial charge >= 0.3 is 0 Å². The first kappa shape index (κ1) is 12.6. The number of carbonyl (C=O) groups excluding carboxylic acids is 1. The summed E-state index contributed by atoms with van der Waals surface area (Å²) in [7, 11) is 1.51. The predicted octanol–water partition coefficient (Wildman–Crippen LogP) is 3.97. The third-order valence-corrected chi connectivity index (χ3v) is 2.89. The number of halogens is 2. The lowest BCUT2D eigenvalue weighted by atomic mass is 10.0. The van der Waals surface area contributed by atoms with Crippen molar-refractivity contribution in [2.45, 2.75) is 0 Å². The number of hydrogen-bond donors (Lipinski definition) is 0. The molecule has 0 amide bonds. The molecule has 0 spiro atoms. The summed E-state index contributed by atoms with van der Waals surface area (Å²) in [5.74, 6) is 0.0752. The van der Waals surface area contributed by atoms with Gasteiger partial charge in [0.1, 0.15) is 17.9 Å². The van der Waals surface area contributed by atoms with Crippen molar-refractivity contribution in [3.05, 3.63) is 52.8 Å². The van der Waals surface area contributed by atoms with E-state index in [1.807, 2.05) is 0 Å². The highest BCUT2D eigenvalue weighted by molar-refractivity contribution is 6.32. The molecule has 0 fully saturated rings. The Morgan fingerprint density at radius 1 is 1.22 bits per heavy atom. The van der Waals surface area contributed by atoms with Gasteiger partial charge in [0.05, 0.1) is 12.1 Å². The van der Waals surface area contributed by atoms with Gasteiger partial charge in [0.2, 0.25) is 0 Å². The van der Waals surface area contributed by atoms with Crippen molar-refractivity contribution in [1.29, 1.82) is 0 Å². The van der Waals surface area contributed by atoms with E-state index >= 15 is 0 Å². The second kappa shape index (κ2) is 5.19. The highest BCUT2D eigenvalue weighted by Gasteiger charge is 2.08. The van der Waals surface area contributed by atoms with Crippen LogP contribution in [0, 0.1) is 5.82 Å². The molecule has 2 rings (SSSR count). The fourth-order valence-corrected chi connectivity index (χ4v) is 1.93. The van der Waals surface area contributed by atoms with Crippen LogP contribution in [0.15, 0.2) is 36.4 Å². The maximum Gasteiger partial charge on any atom is 0.150 e. The van der Waals surface area contributed by atoms with Gasteiger partial charge in [-0.25, -0.2) is 4.39 Å². The topological polar surface area (TPSA) is 26.3 Å². The van der Waals surface area contributed by atoms with Gasteiger partial charge in [-0.1, -0.05) is 29.8 Å². The summed E-state index contributed by atoms with van der Waals surface area (Å²) in [5.41, 5.74) is 1.33. The van der Waals surface area contributed by atoms with Crippen LogP contribution in [0.3, 0.4) is 0 Å². The van der Waals surface area contributed by atoms with E-state index in [0.717, 1.165) is 0 Å². The number of rotatable bonds is 3. The van der Waals surface area contributed by atoms with Crippen molar-refractivity contribution in [2.75, 3.05) is 7.11 Å². The monoisotopic (exact) mass is 264 g/mol. The Hall–Kier alpha value is -1.87. The summed E-state index contributed by atoms with van der Waals surface area (Å²) in [6.07, 6.45) is 0.605. The molecule has 0 aromatic heterocycles. The molecule has 2 aromatic carbocycles. The fraction of sp³-hybridized carbons (Fsp3) is 0.0714. The SMILES string of the molecule is COc1ccc(-c2ccc(C=O)cc2F)cc1Cl. The molecule has 0 unspecified atom stereocenters. The molecule has 0 aliphatic rings. The molecule has 18 heavy (non-hydrogen) atoms. The largest absolute Gasteiger partial charge is 0.495 e. The summed E-state index contributed by atoms with van der Waals surface area (Å²) in [6.45, 7) is 0. The molecule has 4 heteroatoms. The molecule has 2 nitrogen and oxygen atoms in total. The van der Waals surface area contributed by atoms with Gasteiger partial charge in [0.15, 0.2) is 0 Å². The molecule has 92 valence electrons. The lowest BCUT2D eigenvalue weighted by Gasteiger charge is -2.07. The molecule has 0 atom stereocenters. The van der Waals surface area contributed by atoms with Crippen LogP contribution in [0.5, 0.6) is 5.75 Å². The van der Waals surface area contributed by atoms with Crippen LogP contribution in [0.25, 0.3) is 11.1 Å². The zero-order valence-corrected chi connectivity index (χ0v) is 10.4. The van der Waals surface area contributed by atoms with Gasteiger partial charge in [-0.15, -0.1) is 0 Å². The van der Waals surface area contributed by atoms with E-state index in [4.69, 9.17) is 16.3 Å². The number of ether oxygens (including phenoxy) is 1. The minimum absolute atomic E-state index is 0.302. The second-order valence-electron chi connectivity index (χ2n) is 3.71. The number of aldehydes is 1. The van der Waals surface area contributed by atoms with Crippen molar-refractivity contribution in [2.24, 2.45) is 0 Å². The van der Waals surface area contributed by atoms with E-state index in [9.17, 15) is 9.18 Å². The van der Waals surface area contributed by atoms with E-state index in [0.29, 0.717) is 33.7 Å². The fourth-order valence-electron chi connectivity index (χ4n) is 1.67. The van der Waals surface area contributed by atoms with Crippen LogP contribution in [0.1, 0.15) is 10.4 Å². The average molecular weight is 265 g/mol. The Kier molecular flexibility index (Phi) is 3.63. The molecule has 0 saturated heterocycles. The smallest absolute Gasteiger partial charge is 0.150 e. The second-order valence-corrected chi connectivity index (χ2v) is 4.11. The zero-order valence-electron chi connectivity index (χ0n) is 9.61. The third-order valence-electron chi connectivity index (χ3n) is 2.59. The van der Waals surface area contributed by atoms with Crippen LogP contribution < -0.4 is 4.74 Å². The van der Waals surface area contributed by atoms with Crippen molar-refractivity contribution >= 4 is 17.9 Å². The zero-order chi connectivity index (χ0) is 13.1. The summed E-state index contributed by atoms with van der Waals surface area (Å²) >= 11 is 5.99. The van der Waals surface area contributed by atoms with Crippen molar-refractivity contribution in [3.8, 4) is 16.9 Å². The summed E-state index contributed by atoms with van der Waals surface area (Å²) < 4.78 is 18.8. The quantitative estimate of drug-likeness (QED) is 0.784. The van der Waals surface area contributed by atoms with E-state index in [-0.39, 0.29) is 0 Å². The van der Waals surface area contributed by atoms with Gasteiger partial charge in [-0.2, -0.15) is 0 Å². The average Bonchev–Trinajstić information content (AvgIpc) is 2.38. The Morgan fingerprint density at radius 3 is 2.56 bits per heavy atom. The van der Waals surface area contributed by atoms with Crippen LogP contribution in [-0.2, 0) is 0 Å². The Bertz CT molecular complexity index is 596. The number of methoxy groups -OCH3 is 1. The van der Waals surface area contributed by atoms with Crippen LogP contribution >= 0.6 is 11.6 Å². The van der Waals surface area contributed by atoms with E-state index in [2.05, 4.69) is 0 Å². The van der Waals surface area contributed by atoms with Gasteiger partial charge < -0.3 is 4.74 Å².